The van der Waals surface area contributed by atoms with Gasteiger partial charge in [0.05, 0.1) is 11.2 Å². The van der Waals surface area contributed by atoms with Crippen LogP contribution < -0.4 is 0 Å². The Morgan fingerprint density at radius 2 is 0.645 bits per heavy atom. The van der Waals surface area contributed by atoms with E-state index < -0.39 is 0 Å². The van der Waals surface area contributed by atoms with Crippen LogP contribution in [0.3, 0.4) is 0 Å². The van der Waals surface area contributed by atoms with E-state index in [1.165, 1.54) is 37.7 Å². The van der Waals surface area contributed by atoms with Crippen molar-refractivity contribution in [3.05, 3.63) is 218 Å². The van der Waals surface area contributed by atoms with Gasteiger partial charge < -0.3 is 0 Å². The fraction of sp³-hybridized carbons (Fsp3) is 0. The van der Waals surface area contributed by atoms with Crippen molar-refractivity contribution in [2.45, 2.75) is 0 Å². The van der Waals surface area contributed by atoms with E-state index in [0.29, 0.717) is 17.5 Å². The lowest BCUT2D eigenvalue weighted by molar-refractivity contribution is 1.07. The average Bonchev–Trinajstić information content (AvgIpc) is 3.36. The summed E-state index contributed by atoms with van der Waals surface area (Å²) >= 11 is 0. The van der Waals surface area contributed by atoms with E-state index in [9.17, 15) is 0 Å². The molecule has 0 amide bonds. The van der Waals surface area contributed by atoms with Gasteiger partial charge in [0, 0.05) is 33.0 Å². The molecule has 4 nitrogen and oxygen atoms in total. The zero-order chi connectivity index (χ0) is 41.0. The first-order valence-electron chi connectivity index (χ1n) is 21.0. The summed E-state index contributed by atoms with van der Waals surface area (Å²) in [6, 6.07) is 77.1. The lowest BCUT2D eigenvalue weighted by atomic mass is 9.88. The zero-order valence-corrected chi connectivity index (χ0v) is 33.6. The molecule has 0 saturated heterocycles. The molecule has 2 aromatic heterocycles. The van der Waals surface area contributed by atoms with Gasteiger partial charge in [0.25, 0.3) is 0 Å². The van der Waals surface area contributed by atoms with Gasteiger partial charge in [-0.1, -0.05) is 194 Å². The van der Waals surface area contributed by atoms with E-state index in [-0.39, 0.29) is 0 Å². The number of rotatable bonds is 6. The highest BCUT2D eigenvalue weighted by molar-refractivity contribution is 6.28. The molecule has 288 valence electrons. The summed E-state index contributed by atoms with van der Waals surface area (Å²) in [6.45, 7) is 0. The zero-order valence-electron chi connectivity index (χ0n) is 33.6. The summed E-state index contributed by atoms with van der Waals surface area (Å²) in [5.74, 6) is 1.87. The number of hydrogen-bond donors (Lipinski definition) is 0. The highest BCUT2D eigenvalue weighted by Gasteiger charge is 2.18. The maximum atomic E-state index is 5.20. The van der Waals surface area contributed by atoms with Crippen LogP contribution in [0.15, 0.2) is 218 Å². The van der Waals surface area contributed by atoms with E-state index in [0.717, 1.165) is 66.5 Å². The smallest absolute Gasteiger partial charge is 0.164 e. The van der Waals surface area contributed by atoms with Gasteiger partial charge in [0.1, 0.15) is 0 Å². The van der Waals surface area contributed by atoms with Crippen molar-refractivity contribution in [2.24, 2.45) is 0 Å². The standard InChI is InChI=1S/C58H36N4/c1-3-16-39(17-4-1)56-60-57(40-18-5-2-6-19-40)62-58(61-56)43-35-41(37-30-32-38(33-31-37)55-52-26-12-10-23-48(52)49-24-13-14-29-53(49)59-55)34-42(36-43)44-27-15-28-51-47-21-8-7-20-45(47)46-22-9-11-25-50(46)54(44)51/h1-36H. The number of fused-ring (bicyclic) bond motifs is 9. The summed E-state index contributed by atoms with van der Waals surface area (Å²) < 4.78 is 0. The molecular weight excluding hydrogens is 753 g/mol. The van der Waals surface area contributed by atoms with Crippen molar-refractivity contribution < 1.29 is 0 Å². The number of hydrogen-bond acceptors (Lipinski definition) is 4. The summed E-state index contributed by atoms with van der Waals surface area (Å²) in [6.07, 6.45) is 0. The maximum Gasteiger partial charge on any atom is 0.164 e. The van der Waals surface area contributed by atoms with Crippen molar-refractivity contribution in [3.8, 4) is 67.7 Å². The van der Waals surface area contributed by atoms with Crippen LogP contribution in [0.2, 0.25) is 0 Å². The van der Waals surface area contributed by atoms with Gasteiger partial charge in [0.2, 0.25) is 0 Å². The van der Waals surface area contributed by atoms with Gasteiger partial charge in [-0.05, 0) is 84.2 Å². The minimum absolute atomic E-state index is 0.611. The molecule has 0 unspecified atom stereocenters. The molecule has 12 rings (SSSR count). The molecule has 4 heteroatoms. The Morgan fingerprint density at radius 3 is 1.26 bits per heavy atom. The fourth-order valence-corrected chi connectivity index (χ4v) is 9.16. The Bertz CT molecular complexity index is 3570. The lowest BCUT2D eigenvalue weighted by Crippen LogP contribution is -2.00. The van der Waals surface area contributed by atoms with Crippen molar-refractivity contribution in [1.29, 1.82) is 0 Å². The Kier molecular flexibility index (Phi) is 8.46. The van der Waals surface area contributed by atoms with Crippen LogP contribution in [0.4, 0.5) is 0 Å². The van der Waals surface area contributed by atoms with Crippen molar-refractivity contribution in [2.75, 3.05) is 0 Å². The summed E-state index contributed by atoms with van der Waals surface area (Å²) in [7, 11) is 0. The van der Waals surface area contributed by atoms with E-state index in [1.807, 2.05) is 36.4 Å². The summed E-state index contributed by atoms with van der Waals surface area (Å²) in [5, 5.41) is 10.9. The second-order valence-corrected chi connectivity index (χ2v) is 15.8. The van der Waals surface area contributed by atoms with Crippen LogP contribution in [0.25, 0.3) is 122 Å². The highest BCUT2D eigenvalue weighted by atomic mass is 15.0. The number of aromatic nitrogens is 4. The second-order valence-electron chi connectivity index (χ2n) is 15.8. The summed E-state index contributed by atoms with van der Waals surface area (Å²) in [5.41, 5.74) is 10.2. The highest BCUT2D eigenvalue weighted by Crippen LogP contribution is 2.43. The van der Waals surface area contributed by atoms with E-state index in [2.05, 4.69) is 182 Å². The van der Waals surface area contributed by atoms with Gasteiger partial charge in [-0.25, -0.2) is 19.9 Å². The monoisotopic (exact) mass is 788 g/mol. The quantitative estimate of drug-likeness (QED) is 0.158. The number of nitrogens with zero attached hydrogens (tertiary/aromatic N) is 4. The number of pyridine rings is 1. The molecular formula is C58H36N4. The molecule has 0 bridgehead atoms. The van der Waals surface area contributed by atoms with Gasteiger partial charge >= 0.3 is 0 Å². The molecule has 0 fully saturated rings. The number of benzene rings is 10. The fourth-order valence-electron chi connectivity index (χ4n) is 9.16. The van der Waals surface area contributed by atoms with Crippen molar-refractivity contribution >= 4 is 54.0 Å². The van der Waals surface area contributed by atoms with Crippen molar-refractivity contribution in [1.82, 2.24) is 19.9 Å². The lowest BCUT2D eigenvalue weighted by Gasteiger charge is -2.16. The third kappa shape index (κ3) is 6.08. The Balaban J connectivity index is 1.09. The Morgan fingerprint density at radius 1 is 0.226 bits per heavy atom. The molecule has 0 aliphatic carbocycles. The van der Waals surface area contributed by atoms with Crippen LogP contribution in [-0.4, -0.2) is 19.9 Å². The minimum atomic E-state index is 0.611. The first-order valence-corrected chi connectivity index (χ1v) is 21.0. The maximum absolute atomic E-state index is 5.20. The first kappa shape index (κ1) is 35.6. The molecule has 0 atom stereocenters. The molecule has 0 aliphatic rings. The molecule has 0 saturated carbocycles. The molecule has 62 heavy (non-hydrogen) atoms. The largest absolute Gasteiger partial charge is 0.247 e. The summed E-state index contributed by atoms with van der Waals surface area (Å²) in [4.78, 5) is 20.6. The minimum Gasteiger partial charge on any atom is -0.247 e. The third-order valence-corrected chi connectivity index (χ3v) is 12.1. The van der Waals surface area contributed by atoms with Gasteiger partial charge in [-0.2, -0.15) is 0 Å². The van der Waals surface area contributed by atoms with Crippen LogP contribution in [0.5, 0.6) is 0 Å². The van der Waals surface area contributed by atoms with Crippen LogP contribution in [-0.2, 0) is 0 Å². The Hall–Kier alpha value is -8.34. The first-order chi connectivity index (χ1) is 30.7. The molecule has 10 aromatic carbocycles. The van der Waals surface area contributed by atoms with Crippen LogP contribution >= 0.6 is 0 Å². The van der Waals surface area contributed by atoms with Crippen molar-refractivity contribution in [3.63, 3.8) is 0 Å². The van der Waals surface area contributed by atoms with E-state index >= 15 is 0 Å². The second kappa shape index (κ2) is 14.7. The van der Waals surface area contributed by atoms with Gasteiger partial charge in [0.15, 0.2) is 17.5 Å². The van der Waals surface area contributed by atoms with Gasteiger partial charge in [-0.3, -0.25) is 0 Å². The SMILES string of the molecule is c1ccc(-c2nc(-c3ccccc3)nc(-c3cc(-c4ccc(-c5nc6ccccc6c6ccccc56)cc4)cc(-c4cccc5c6ccccc6c6ccccc6c45)c3)n2)cc1. The van der Waals surface area contributed by atoms with Gasteiger partial charge in [-0.15, -0.1) is 0 Å². The van der Waals surface area contributed by atoms with Crippen LogP contribution in [0.1, 0.15) is 0 Å². The predicted octanol–water partition coefficient (Wildman–Crippen LogP) is 15.0. The number of para-hydroxylation sites is 1. The third-order valence-electron chi connectivity index (χ3n) is 12.1. The molecule has 0 radical (unpaired) electrons. The molecule has 0 N–H and O–H groups in total. The van der Waals surface area contributed by atoms with E-state index in [1.54, 1.807) is 0 Å². The molecule has 0 spiro atoms. The molecule has 2 heterocycles. The average molecular weight is 789 g/mol. The topological polar surface area (TPSA) is 51.6 Å². The molecule has 12 aromatic rings. The normalized spacial score (nSPS) is 11.5. The van der Waals surface area contributed by atoms with Crippen LogP contribution in [0, 0.1) is 0 Å². The molecule has 0 aliphatic heterocycles. The predicted molar refractivity (Wildman–Crippen MR) is 258 cm³/mol. The Labute approximate surface area is 358 Å². The van der Waals surface area contributed by atoms with E-state index in [4.69, 9.17) is 19.9 Å².